The second kappa shape index (κ2) is 5.34. The average Bonchev–Trinajstić information content (AvgIpc) is 3.09. The quantitative estimate of drug-likeness (QED) is 0.804. The van der Waals surface area contributed by atoms with Crippen LogP contribution in [0.1, 0.15) is 5.56 Å². The first-order chi connectivity index (χ1) is 10.1. The van der Waals surface area contributed by atoms with Crippen LogP contribution in [0.3, 0.4) is 0 Å². The molecule has 2 heterocycles. The summed E-state index contributed by atoms with van der Waals surface area (Å²) in [6, 6.07) is 10.3. The van der Waals surface area contributed by atoms with Crippen molar-refractivity contribution in [2.45, 2.75) is 11.8 Å². The molecule has 3 rings (SSSR count). The number of rotatable bonds is 4. The number of hydrogen-bond donors (Lipinski definition) is 1. The van der Waals surface area contributed by atoms with Gasteiger partial charge in [0, 0.05) is 12.4 Å². The molecule has 108 valence electrons. The predicted molar refractivity (Wildman–Crippen MR) is 83.4 cm³/mol. The Morgan fingerprint density at radius 3 is 2.62 bits per heavy atom. The van der Waals surface area contributed by atoms with Gasteiger partial charge < -0.3 is 0 Å². The van der Waals surface area contributed by atoms with Crippen molar-refractivity contribution in [2.24, 2.45) is 0 Å². The Labute approximate surface area is 126 Å². The highest BCUT2D eigenvalue weighted by Crippen LogP contribution is 2.28. The van der Waals surface area contributed by atoms with Gasteiger partial charge in [-0.05, 0) is 36.6 Å². The number of nitrogens with zero attached hydrogens (tertiary/aromatic N) is 2. The molecular formula is C14H13N3O2S2. The average molecular weight is 319 g/mol. The molecule has 0 aliphatic heterocycles. The fraction of sp³-hybridized carbons (Fsp3) is 0.0714. The van der Waals surface area contributed by atoms with Crippen molar-refractivity contribution in [3.05, 3.63) is 59.7 Å². The van der Waals surface area contributed by atoms with Crippen molar-refractivity contribution < 1.29 is 8.42 Å². The number of hydrogen-bond acceptors (Lipinski definition) is 4. The maximum atomic E-state index is 12.4. The van der Waals surface area contributed by atoms with Crippen LogP contribution in [0.25, 0.3) is 5.00 Å². The van der Waals surface area contributed by atoms with E-state index in [9.17, 15) is 8.42 Å². The normalized spacial score (nSPS) is 11.5. The fourth-order valence-electron chi connectivity index (χ4n) is 1.87. The Hall–Kier alpha value is -2.12. The van der Waals surface area contributed by atoms with Gasteiger partial charge in [-0.3, -0.25) is 4.72 Å². The van der Waals surface area contributed by atoms with Crippen molar-refractivity contribution in [3.63, 3.8) is 0 Å². The number of anilines is 1. The number of sulfonamides is 1. The highest BCUT2D eigenvalue weighted by atomic mass is 32.2. The first-order valence-electron chi connectivity index (χ1n) is 6.23. The summed E-state index contributed by atoms with van der Waals surface area (Å²) in [4.78, 5) is 0.241. The van der Waals surface area contributed by atoms with E-state index in [0.717, 1.165) is 10.6 Å². The van der Waals surface area contributed by atoms with Gasteiger partial charge in [0.05, 0.1) is 10.6 Å². The lowest BCUT2D eigenvalue weighted by Gasteiger charge is -2.09. The van der Waals surface area contributed by atoms with Crippen LogP contribution in [-0.2, 0) is 10.0 Å². The summed E-state index contributed by atoms with van der Waals surface area (Å²) in [6.07, 6.45) is 3.42. The van der Waals surface area contributed by atoms with Gasteiger partial charge in [-0.25, -0.2) is 13.1 Å². The predicted octanol–water partition coefficient (Wildman–Crippen LogP) is 3.04. The van der Waals surface area contributed by atoms with Crippen molar-refractivity contribution in [2.75, 3.05) is 4.72 Å². The molecule has 7 heteroatoms. The monoisotopic (exact) mass is 319 g/mol. The van der Waals surface area contributed by atoms with Crippen molar-refractivity contribution in [1.29, 1.82) is 0 Å². The Kier molecular flexibility index (Phi) is 3.52. The molecule has 0 amide bonds. The van der Waals surface area contributed by atoms with E-state index < -0.39 is 10.0 Å². The first-order valence-corrected chi connectivity index (χ1v) is 8.59. The number of aromatic nitrogens is 2. The van der Waals surface area contributed by atoms with Crippen LogP contribution in [-0.4, -0.2) is 18.2 Å². The zero-order valence-electron chi connectivity index (χ0n) is 11.2. The number of aryl methyl sites for hydroxylation is 1. The highest BCUT2D eigenvalue weighted by molar-refractivity contribution is 7.92. The molecule has 2 aromatic heterocycles. The van der Waals surface area contributed by atoms with E-state index in [4.69, 9.17) is 0 Å². The van der Waals surface area contributed by atoms with E-state index in [1.165, 1.54) is 11.3 Å². The molecule has 0 aliphatic rings. The van der Waals surface area contributed by atoms with Crippen LogP contribution >= 0.6 is 11.3 Å². The van der Waals surface area contributed by atoms with E-state index >= 15 is 0 Å². The van der Waals surface area contributed by atoms with E-state index in [-0.39, 0.29) is 4.90 Å². The molecule has 0 atom stereocenters. The molecule has 0 unspecified atom stereocenters. The number of benzene rings is 1. The van der Waals surface area contributed by atoms with E-state index in [0.29, 0.717) is 5.69 Å². The molecule has 0 aliphatic carbocycles. The summed E-state index contributed by atoms with van der Waals surface area (Å²) in [5.41, 5.74) is 1.53. The topological polar surface area (TPSA) is 64.0 Å². The lowest BCUT2D eigenvalue weighted by Crippen LogP contribution is -2.13. The van der Waals surface area contributed by atoms with Crippen molar-refractivity contribution in [3.8, 4) is 5.00 Å². The van der Waals surface area contributed by atoms with Gasteiger partial charge in [0.25, 0.3) is 10.0 Å². The molecule has 5 nitrogen and oxygen atoms in total. The molecular weight excluding hydrogens is 306 g/mol. The van der Waals surface area contributed by atoms with Gasteiger partial charge in [0.15, 0.2) is 0 Å². The molecule has 0 spiro atoms. The third kappa shape index (κ3) is 2.84. The minimum atomic E-state index is -3.60. The second-order valence-corrected chi connectivity index (χ2v) is 7.09. The Bertz CT molecular complexity index is 835. The zero-order chi connectivity index (χ0) is 14.9. The smallest absolute Gasteiger partial charge is 0.261 e. The molecule has 0 bridgehead atoms. The van der Waals surface area contributed by atoms with Gasteiger partial charge in [0.1, 0.15) is 5.00 Å². The summed E-state index contributed by atoms with van der Waals surface area (Å²) in [7, 11) is -3.60. The van der Waals surface area contributed by atoms with Gasteiger partial charge >= 0.3 is 0 Å². The maximum absolute atomic E-state index is 12.4. The third-order valence-electron chi connectivity index (χ3n) is 2.93. The van der Waals surface area contributed by atoms with Crippen molar-refractivity contribution in [1.82, 2.24) is 9.78 Å². The minimum Gasteiger partial charge on any atom is -0.277 e. The van der Waals surface area contributed by atoms with Crippen molar-refractivity contribution >= 4 is 27.0 Å². The van der Waals surface area contributed by atoms with Crippen LogP contribution in [0.4, 0.5) is 5.69 Å². The third-order valence-corrected chi connectivity index (χ3v) is 5.22. The maximum Gasteiger partial charge on any atom is 0.261 e. The molecule has 0 radical (unpaired) electrons. The molecule has 1 N–H and O–H groups in total. The van der Waals surface area contributed by atoms with E-state index in [1.54, 1.807) is 53.5 Å². The SMILES string of the molecule is Cc1ccc(S(=O)(=O)Nc2ccsc2-n2cccn2)cc1. The standard InChI is InChI=1S/C14H13N3O2S2/c1-11-3-5-12(6-4-11)21(18,19)16-13-7-10-20-14(13)17-9-2-8-15-17/h2-10,16H,1H3. The van der Waals surface area contributed by atoms with Crippen LogP contribution in [0.5, 0.6) is 0 Å². The molecule has 3 aromatic rings. The minimum absolute atomic E-state index is 0.241. The highest BCUT2D eigenvalue weighted by Gasteiger charge is 2.17. The zero-order valence-corrected chi connectivity index (χ0v) is 12.9. The molecule has 0 fully saturated rings. The first kappa shape index (κ1) is 13.8. The summed E-state index contributed by atoms with van der Waals surface area (Å²) in [5, 5.41) is 6.68. The lowest BCUT2D eigenvalue weighted by molar-refractivity contribution is 0.601. The Balaban J connectivity index is 1.94. The van der Waals surface area contributed by atoms with Crippen LogP contribution in [0.2, 0.25) is 0 Å². The molecule has 0 saturated heterocycles. The van der Waals surface area contributed by atoms with Gasteiger partial charge in [0.2, 0.25) is 0 Å². The molecule has 21 heavy (non-hydrogen) atoms. The number of nitrogens with one attached hydrogen (secondary N) is 1. The van der Waals surface area contributed by atoms with Gasteiger partial charge in [-0.1, -0.05) is 17.7 Å². The summed E-state index contributed by atoms with van der Waals surface area (Å²) >= 11 is 1.42. The summed E-state index contributed by atoms with van der Waals surface area (Å²) < 4.78 is 29.0. The largest absolute Gasteiger partial charge is 0.277 e. The molecule has 0 saturated carbocycles. The fourth-order valence-corrected chi connectivity index (χ4v) is 3.79. The lowest BCUT2D eigenvalue weighted by atomic mass is 10.2. The molecule has 1 aromatic carbocycles. The van der Waals surface area contributed by atoms with E-state index in [2.05, 4.69) is 9.82 Å². The van der Waals surface area contributed by atoms with Gasteiger partial charge in [-0.2, -0.15) is 5.10 Å². The van der Waals surface area contributed by atoms with Crippen LogP contribution in [0.15, 0.2) is 59.1 Å². The van der Waals surface area contributed by atoms with Gasteiger partial charge in [-0.15, -0.1) is 11.3 Å². The van der Waals surface area contributed by atoms with Crippen LogP contribution in [0, 0.1) is 6.92 Å². The summed E-state index contributed by atoms with van der Waals surface area (Å²) in [6.45, 7) is 1.92. The second-order valence-electron chi connectivity index (χ2n) is 4.51. The Morgan fingerprint density at radius 2 is 1.95 bits per heavy atom. The Morgan fingerprint density at radius 1 is 1.19 bits per heavy atom. The van der Waals surface area contributed by atoms with Crippen LogP contribution < -0.4 is 4.72 Å². The van der Waals surface area contributed by atoms with E-state index in [1.807, 2.05) is 12.3 Å². The summed E-state index contributed by atoms with van der Waals surface area (Å²) in [5.74, 6) is 0. The number of thiophene rings is 1.